The van der Waals surface area contributed by atoms with Gasteiger partial charge in [-0.1, -0.05) is 0 Å². The summed E-state index contributed by atoms with van der Waals surface area (Å²) in [6, 6.07) is 0.408. The van der Waals surface area contributed by atoms with Gasteiger partial charge in [0.05, 0.1) is 12.4 Å². The summed E-state index contributed by atoms with van der Waals surface area (Å²) in [5.74, 6) is 0.833. The number of imidazole rings is 1. The second-order valence-electron chi connectivity index (χ2n) is 4.69. The predicted octanol–water partition coefficient (Wildman–Crippen LogP) is 1.72. The maximum atomic E-state index is 5.44. The fraction of sp³-hybridized carbons (Fsp3) is 0.583. The number of aromatic nitrogens is 4. The van der Waals surface area contributed by atoms with E-state index in [0.717, 1.165) is 30.6 Å². The van der Waals surface area contributed by atoms with Crippen LogP contribution in [0.25, 0.3) is 11.2 Å². The summed E-state index contributed by atoms with van der Waals surface area (Å²) in [6.45, 7) is 0. The first-order valence-corrected chi connectivity index (χ1v) is 6.30. The van der Waals surface area contributed by atoms with Gasteiger partial charge < -0.3 is 15.0 Å². The average molecular weight is 247 g/mol. The van der Waals surface area contributed by atoms with Gasteiger partial charge in [0.2, 0.25) is 0 Å². The summed E-state index contributed by atoms with van der Waals surface area (Å²) in [4.78, 5) is 15.6. The van der Waals surface area contributed by atoms with Crippen molar-refractivity contribution < 1.29 is 4.74 Å². The van der Waals surface area contributed by atoms with Crippen LogP contribution in [0.2, 0.25) is 0 Å². The first-order valence-electron chi connectivity index (χ1n) is 6.30. The third kappa shape index (κ3) is 2.15. The number of rotatable bonds is 3. The fourth-order valence-electron chi connectivity index (χ4n) is 2.56. The first kappa shape index (κ1) is 11.4. The van der Waals surface area contributed by atoms with Crippen LogP contribution in [0.1, 0.15) is 25.7 Å². The average Bonchev–Trinajstić information content (AvgIpc) is 2.88. The Morgan fingerprint density at radius 2 is 2.28 bits per heavy atom. The molecule has 0 aliphatic heterocycles. The molecule has 0 spiro atoms. The number of fused-ring (bicyclic) bond motifs is 1. The highest BCUT2D eigenvalue weighted by Crippen LogP contribution is 2.24. The molecule has 3 rings (SSSR count). The van der Waals surface area contributed by atoms with E-state index in [9.17, 15) is 0 Å². The van der Waals surface area contributed by atoms with Crippen LogP contribution in [0.15, 0.2) is 12.7 Å². The third-order valence-corrected chi connectivity index (χ3v) is 3.52. The van der Waals surface area contributed by atoms with Crippen LogP contribution in [0.3, 0.4) is 0 Å². The zero-order valence-corrected chi connectivity index (χ0v) is 10.4. The first-order chi connectivity index (χ1) is 8.86. The van der Waals surface area contributed by atoms with Crippen molar-refractivity contribution in [3.63, 3.8) is 0 Å². The third-order valence-electron chi connectivity index (χ3n) is 3.52. The van der Waals surface area contributed by atoms with E-state index in [4.69, 9.17) is 4.74 Å². The standard InChI is InChI=1S/C12H17N5O/c1-18-9-4-2-3-8(5-9)17-12-10-11(14-6-13-10)15-7-16-12/h6-9H,2-5H2,1H3,(H2,13,14,15,16,17). The van der Waals surface area contributed by atoms with Crippen LogP contribution in [-0.2, 0) is 4.74 Å². The molecule has 6 nitrogen and oxygen atoms in total. The van der Waals surface area contributed by atoms with Gasteiger partial charge in [-0.15, -0.1) is 0 Å². The van der Waals surface area contributed by atoms with Crippen molar-refractivity contribution in [1.29, 1.82) is 0 Å². The molecule has 2 atom stereocenters. The molecule has 2 aromatic rings. The normalized spacial score (nSPS) is 24.3. The van der Waals surface area contributed by atoms with Crippen LogP contribution >= 0.6 is 0 Å². The van der Waals surface area contributed by atoms with Crippen LogP contribution in [0.4, 0.5) is 5.82 Å². The van der Waals surface area contributed by atoms with Crippen LogP contribution in [0.5, 0.6) is 0 Å². The van der Waals surface area contributed by atoms with Crippen LogP contribution in [0, 0.1) is 0 Å². The Kier molecular flexibility index (Phi) is 3.10. The second kappa shape index (κ2) is 4.89. The summed E-state index contributed by atoms with van der Waals surface area (Å²) in [5, 5.41) is 3.47. The van der Waals surface area contributed by atoms with E-state index in [2.05, 4.69) is 25.3 Å². The van der Waals surface area contributed by atoms with Gasteiger partial charge >= 0.3 is 0 Å². The number of anilines is 1. The van der Waals surface area contributed by atoms with Crippen molar-refractivity contribution in [2.24, 2.45) is 0 Å². The Balaban J connectivity index is 1.77. The molecule has 1 aliphatic carbocycles. The van der Waals surface area contributed by atoms with E-state index in [0.29, 0.717) is 17.8 Å². The Morgan fingerprint density at radius 3 is 3.17 bits per heavy atom. The summed E-state index contributed by atoms with van der Waals surface area (Å²) < 4.78 is 5.44. The minimum atomic E-state index is 0.357. The Labute approximate surface area is 105 Å². The Hall–Kier alpha value is -1.69. The lowest BCUT2D eigenvalue weighted by atomic mass is 9.93. The zero-order valence-electron chi connectivity index (χ0n) is 10.4. The summed E-state index contributed by atoms with van der Waals surface area (Å²) >= 11 is 0. The zero-order chi connectivity index (χ0) is 12.4. The monoisotopic (exact) mass is 247 g/mol. The lowest BCUT2D eigenvalue weighted by Gasteiger charge is -2.29. The predicted molar refractivity (Wildman–Crippen MR) is 68.4 cm³/mol. The number of nitrogens with one attached hydrogen (secondary N) is 2. The molecule has 2 N–H and O–H groups in total. The molecule has 0 bridgehead atoms. The molecule has 0 radical (unpaired) electrons. The molecule has 18 heavy (non-hydrogen) atoms. The lowest BCUT2D eigenvalue weighted by Crippen LogP contribution is -2.31. The van der Waals surface area contributed by atoms with Crippen LogP contribution < -0.4 is 5.32 Å². The molecular formula is C12H17N5O. The molecule has 2 heterocycles. The van der Waals surface area contributed by atoms with E-state index >= 15 is 0 Å². The molecular weight excluding hydrogens is 230 g/mol. The number of methoxy groups -OCH3 is 1. The number of hydrogen-bond acceptors (Lipinski definition) is 5. The smallest absolute Gasteiger partial charge is 0.182 e. The molecule has 96 valence electrons. The number of H-pyrrole nitrogens is 1. The molecule has 2 unspecified atom stereocenters. The minimum Gasteiger partial charge on any atom is -0.381 e. The highest BCUT2D eigenvalue weighted by molar-refractivity contribution is 5.82. The highest BCUT2D eigenvalue weighted by atomic mass is 16.5. The van der Waals surface area contributed by atoms with Gasteiger partial charge in [-0.3, -0.25) is 0 Å². The molecule has 0 saturated heterocycles. The quantitative estimate of drug-likeness (QED) is 0.863. The number of hydrogen-bond donors (Lipinski definition) is 2. The van der Waals surface area contributed by atoms with Gasteiger partial charge in [-0.2, -0.15) is 0 Å². The minimum absolute atomic E-state index is 0.357. The number of nitrogens with zero attached hydrogens (tertiary/aromatic N) is 3. The van der Waals surface area contributed by atoms with Gasteiger partial charge in [0.1, 0.15) is 11.8 Å². The van der Waals surface area contributed by atoms with Crippen molar-refractivity contribution in [3.05, 3.63) is 12.7 Å². The summed E-state index contributed by atoms with van der Waals surface area (Å²) in [5.41, 5.74) is 1.57. The van der Waals surface area contributed by atoms with E-state index in [1.807, 2.05) is 0 Å². The van der Waals surface area contributed by atoms with Gasteiger partial charge in [-0.05, 0) is 25.7 Å². The molecule has 0 aromatic carbocycles. The summed E-state index contributed by atoms with van der Waals surface area (Å²) in [6.07, 6.45) is 8.06. The lowest BCUT2D eigenvalue weighted by molar-refractivity contribution is 0.0669. The number of ether oxygens (including phenoxy) is 1. The van der Waals surface area contributed by atoms with Crippen molar-refractivity contribution in [3.8, 4) is 0 Å². The highest BCUT2D eigenvalue weighted by Gasteiger charge is 2.22. The Morgan fingerprint density at radius 1 is 1.33 bits per heavy atom. The topological polar surface area (TPSA) is 75.7 Å². The van der Waals surface area contributed by atoms with E-state index < -0.39 is 0 Å². The maximum absolute atomic E-state index is 5.44. The molecule has 1 saturated carbocycles. The van der Waals surface area contributed by atoms with E-state index in [1.165, 1.54) is 6.42 Å². The SMILES string of the molecule is COC1CCCC(Nc2ncnc3nc[nH]c23)C1. The van der Waals surface area contributed by atoms with Crippen molar-refractivity contribution >= 4 is 17.0 Å². The molecule has 1 fully saturated rings. The van der Waals surface area contributed by atoms with E-state index in [1.54, 1.807) is 19.8 Å². The van der Waals surface area contributed by atoms with Gasteiger partial charge in [-0.25, -0.2) is 15.0 Å². The second-order valence-corrected chi connectivity index (χ2v) is 4.69. The van der Waals surface area contributed by atoms with E-state index in [-0.39, 0.29) is 0 Å². The molecule has 0 amide bonds. The summed E-state index contributed by atoms with van der Waals surface area (Å²) in [7, 11) is 1.78. The molecule has 6 heteroatoms. The Bertz CT molecular complexity index is 526. The van der Waals surface area contributed by atoms with Crippen molar-refractivity contribution in [2.45, 2.75) is 37.8 Å². The maximum Gasteiger partial charge on any atom is 0.182 e. The van der Waals surface area contributed by atoms with Crippen LogP contribution in [-0.4, -0.2) is 39.2 Å². The number of aromatic amines is 1. The van der Waals surface area contributed by atoms with Gasteiger partial charge in [0.25, 0.3) is 0 Å². The van der Waals surface area contributed by atoms with Gasteiger partial charge in [0.15, 0.2) is 11.5 Å². The molecule has 2 aromatic heterocycles. The fourth-order valence-corrected chi connectivity index (χ4v) is 2.56. The largest absolute Gasteiger partial charge is 0.381 e. The molecule has 1 aliphatic rings. The van der Waals surface area contributed by atoms with Gasteiger partial charge in [0, 0.05) is 13.2 Å². The van der Waals surface area contributed by atoms with Crippen molar-refractivity contribution in [1.82, 2.24) is 19.9 Å². The van der Waals surface area contributed by atoms with Crippen molar-refractivity contribution in [2.75, 3.05) is 12.4 Å².